The molecule has 0 fully saturated rings. The van der Waals surface area contributed by atoms with Crippen molar-refractivity contribution in [3.05, 3.63) is 23.8 Å². The summed E-state index contributed by atoms with van der Waals surface area (Å²) in [5, 5.41) is 9.77. The van der Waals surface area contributed by atoms with E-state index in [1.165, 1.54) is 24.4 Å². The average Bonchev–Trinajstić information content (AvgIpc) is 2.89. The van der Waals surface area contributed by atoms with Crippen LogP contribution < -0.4 is 0 Å². The normalized spacial score (nSPS) is 11.1. The average molecular weight is 302 g/mol. The topological polar surface area (TPSA) is 80.8 Å². The second-order valence-electron chi connectivity index (χ2n) is 4.51. The lowest BCUT2D eigenvalue weighted by molar-refractivity contribution is -0.137. The third kappa shape index (κ3) is 2.69. The van der Waals surface area contributed by atoms with Crippen LogP contribution in [-0.4, -0.2) is 39.0 Å². The molecule has 0 spiro atoms. The van der Waals surface area contributed by atoms with Gasteiger partial charge in [0, 0.05) is 10.9 Å². The Morgan fingerprint density at radius 3 is 3.00 bits per heavy atom. The number of aromatic nitrogens is 4. The molecule has 0 radical (unpaired) electrons. The third-order valence-corrected chi connectivity index (χ3v) is 4.03. The van der Waals surface area contributed by atoms with Crippen LogP contribution in [0.5, 0.6) is 0 Å². The van der Waals surface area contributed by atoms with E-state index in [9.17, 15) is 4.79 Å². The predicted octanol–water partition coefficient (Wildman–Crippen LogP) is 2.33. The molecule has 0 aliphatic rings. The Balaban J connectivity index is 1.98. The molecule has 7 heteroatoms. The van der Waals surface area contributed by atoms with Crippen molar-refractivity contribution in [1.82, 2.24) is 20.2 Å². The van der Waals surface area contributed by atoms with Gasteiger partial charge in [-0.1, -0.05) is 24.8 Å². The third-order valence-electron chi connectivity index (χ3n) is 3.21. The van der Waals surface area contributed by atoms with Gasteiger partial charge in [-0.05, 0) is 24.1 Å². The van der Waals surface area contributed by atoms with Gasteiger partial charge in [0.2, 0.25) is 5.16 Å². The number of carbonyl (C=O) groups is 1. The molecule has 1 aromatic carbocycles. The number of carbonyl (C=O) groups excluding carboxylic acids is 1. The van der Waals surface area contributed by atoms with Crippen molar-refractivity contribution in [3.63, 3.8) is 0 Å². The number of hydrogen-bond acceptors (Lipinski definition) is 6. The van der Waals surface area contributed by atoms with Crippen LogP contribution in [0.4, 0.5) is 0 Å². The molecule has 0 aliphatic carbocycles. The van der Waals surface area contributed by atoms with E-state index < -0.39 is 0 Å². The molecule has 21 heavy (non-hydrogen) atoms. The maximum atomic E-state index is 11.1. The molecule has 3 aromatic rings. The Morgan fingerprint density at radius 1 is 1.38 bits per heavy atom. The van der Waals surface area contributed by atoms with Gasteiger partial charge in [-0.2, -0.15) is 0 Å². The number of hydrogen-bond donors (Lipinski definition) is 1. The molecule has 0 bridgehead atoms. The van der Waals surface area contributed by atoms with E-state index in [1.807, 2.05) is 6.07 Å². The van der Waals surface area contributed by atoms with Crippen molar-refractivity contribution >= 4 is 39.8 Å². The molecule has 0 saturated heterocycles. The zero-order chi connectivity index (χ0) is 14.8. The standard InChI is InChI=1S/C14H14N4O2S/c1-3-8-4-5-10-9(6-8)12-13(15-10)16-14(18-17-12)21-7-11(19)20-2/h4-6H,3,7H2,1-2H3,(H,15,16,18). The van der Waals surface area contributed by atoms with Crippen LogP contribution in [0.1, 0.15) is 12.5 Å². The van der Waals surface area contributed by atoms with E-state index in [1.54, 1.807) is 0 Å². The fourth-order valence-electron chi connectivity index (χ4n) is 2.07. The molecule has 2 aromatic heterocycles. The molecule has 3 rings (SSSR count). The lowest BCUT2D eigenvalue weighted by atomic mass is 10.1. The minimum absolute atomic E-state index is 0.171. The van der Waals surface area contributed by atoms with Gasteiger partial charge in [-0.3, -0.25) is 4.79 Å². The first-order valence-electron chi connectivity index (χ1n) is 6.56. The van der Waals surface area contributed by atoms with Crippen molar-refractivity contribution in [3.8, 4) is 0 Å². The van der Waals surface area contributed by atoms with Crippen LogP contribution in [0.25, 0.3) is 22.1 Å². The Hall–Kier alpha value is -2.15. The molecule has 1 N–H and O–H groups in total. The van der Waals surface area contributed by atoms with Gasteiger partial charge in [0.25, 0.3) is 0 Å². The molecular formula is C14H14N4O2S. The minimum Gasteiger partial charge on any atom is -0.468 e. The monoisotopic (exact) mass is 302 g/mol. The zero-order valence-corrected chi connectivity index (χ0v) is 12.5. The second kappa shape index (κ2) is 5.69. The fraction of sp³-hybridized carbons (Fsp3) is 0.286. The summed E-state index contributed by atoms with van der Waals surface area (Å²) in [7, 11) is 1.36. The number of rotatable bonds is 4. The quantitative estimate of drug-likeness (QED) is 0.588. The number of ether oxygens (including phenoxy) is 1. The molecule has 0 unspecified atom stereocenters. The molecule has 0 amide bonds. The lowest BCUT2D eigenvalue weighted by Gasteiger charge is -1.98. The van der Waals surface area contributed by atoms with Gasteiger partial charge >= 0.3 is 5.97 Å². The minimum atomic E-state index is -0.312. The summed E-state index contributed by atoms with van der Waals surface area (Å²) in [5.41, 5.74) is 3.66. The highest BCUT2D eigenvalue weighted by atomic mass is 32.2. The Bertz CT molecular complexity index is 815. The Morgan fingerprint density at radius 2 is 2.24 bits per heavy atom. The maximum Gasteiger partial charge on any atom is 0.316 e. The molecule has 0 atom stereocenters. The summed E-state index contributed by atoms with van der Waals surface area (Å²) in [6.45, 7) is 2.11. The number of benzene rings is 1. The summed E-state index contributed by atoms with van der Waals surface area (Å²) in [4.78, 5) is 18.8. The molecule has 2 heterocycles. The lowest BCUT2D eigenvalue weighted by Crippen LogP contribution is -2.04. The van der Waals surface area contributed by atoms with Gasteiger partial charge < -0.3 is 9.72 Å². The number of thioether (sulfide) groups is 1. The summed E-state index contributed by atoms with van der Waals surface area (Å²) in [6.07, 6.45) is 0.969. The summed E-state index contributed by atoms with van der Waals surface area (Å²) in [6, 6.07) is 6.21. The number of nitrogens with zero attached hydrogens (tertiary/aromatic N) is 3. The SMILES string of the molecule is CCc1ccc2[nH]c3nc(SCC(=O)OC)nnc3c2c1. The van der Waals surface area contributed by atoms with Gasteiger partial charge in [0.15, 0.2) is 5.65 Å². The van der Waals surface area contributed by atoms with Crippen LogP contribution in [0.15, 0.2) is 23.4 Å². The van der Waals surface area contributed by atoms with Crippen molar-refractivity contribution in [2.45, 2.75) is 18.5 Å². The number of esters is 1. The highest BCUT2D eigenvalue weighted by Gasteiger charge is 2.11. The highest BCUT2D eigenvalue weighted by Crippen LogP contribution is 2.24. The summed E-state index contributed by atoms with van der Waals surface area (Å²) < 4.78 is 4.59. The van der Waals surface area contributed by atoms with Gasteiger partial charge in [0.1, 0.15) is 5.52 Å². The summed E-state index contributed by atoms with van der Waals surface area (Å²) >= 11 is 1.21. The van der Waals surface area contributed by atoms with Crippen LogP contribution in [0.3, 0.4) is 0 Å². The number of aryl methyl sites for hydroxylation is 1. The number of aromatic amines is 1. The first kappa shape index (κ1) is 13.8. The second-order valence-corrected chi connectivity index (χ2v) is 5.46. The van der Waals surface area contributed by atoms with Crippen LogP contribution >= 0.6 is 11.8 Å². The first-order valence-corrected chi connectivity index (χ1v) is 7.54. The van der Waals surface area contributed by atoms with E-state index in [-0.39, 0.29) is 11.7 Å². The van der Waals surface area contributed by atoms with Crippen molar-refractivity contribution < 1.29 is 9.53 Å². The highest BCUT2D eigenvalue weighted by molar-refractivity contribution is 7.99. The van der Waals surface area contributed by atoms with Gasteiger partial charge in [-0.25, -0.2) is 4.98 Å². The van der Waals surface area contributed by atoms with E-state index in [4.69, 9.17) is 0 Å². The zero-order valence-electron chi connectivity index (χ0n) is 11.7. The van der Waals surface area contributed by atoms with Gasteiger partial charge in [0.05, 0.1) is 12.9 Å². The number of nitrogens with one attached hydrogen (secondary N) is 1. The van der Waals surface area contributed by atoms with Crippen LogP contribution in [0, 0.1) is 0 Å². The Kier molecular flexibility index (Phi) is 3.74. The number of methoxy groups -OCH3 is 1. The van der Waals surface area contributed by atoms with E-state index in [2.05, 4.69) is 44.0 Å². The maximum absolute atomic E-state index is 11.1. The number of H-pyrrole nitrogens is 1. The van der Waals surface area contributed by atoms with Gasteiger partial charge in [-0.15, -0.1) is 10.2 Å². The van der Waals surface area contributed by atoms with E-state index in [0.29, 0.717) is 10.8 Å². The van der Waals surface area contributed by atoms with E-state index in [0.717, 1.165) is 22.8 Å². The molecule has 108 valence electrons. The molecular weight excluding hydrogens is 288 g/mol. The molecule has 0 saturated carbocycles. The fourth-order valence-corrected chi connectivity index (χ4v) is 2.69. The first-order chi connectivity index (χ1) is 10.2. The predicted molar refractivity (Wildman–Crippen MR) is 81.3 cm³/mol. The smallest absolute Gasteiger partial charge is 0.316 e. The number of fused-ring (bicyclic) bond motifs is 3. The van der Waals surface area contributed by atoms with Crippen molar-refractivity contribution in [2.75, 3.05) is 12.9 Å². The molecule has 0 aliphatic heterocycles. The van der Waals surface area contributed by atoms with Crippen molar-refractivity contribution in [1.29, 1.82) is 0 Å². The van der Waals surface area contributed by atoms with E-state index >= 15 is 0 Å². The Labute approximate surface area is 125 Å². The summed E-state index contributed by atoms with van der Waals surface area (Å²) in [5.74, 6) is -0.142. The largest absolute Gasteiger partial charge is 0.468 e. The molecule has 6 nitrogen and oxygen atoms in total. The van der Waals surface area contributed by atoms with Crippen LogP contribution in [-0.2, 0) is 16.0 Å². The van der Waals surface area contributed by atoms with Crippen molar-refractivity contribution in [2.24, 2.45) is 0 Å². The van der Waals surface area contributed by atoms with Crippen LogP contribution in [0.2, 0.25) is 0 Å².